The lowest BCUT2D eigenvalue weighted by molar-refractivity contribution is -0.107. The summed E-state index contributed by atoms with van der Waals surface area (Å²) in [5.74, 6) is 0.791. The Bertz CT molecular complexity index is 288. The van der Waals surface area contributed by atoms with Crippen molar-refractivity contribution in [3.8, 4) is 0 Å². The largest absolute Gasteiger partial charge is 0.302 e. The summed E-state index contributed by atoms with van der Waals surface area (Å²) in [6.07, 6.45) is 0.946. The Morgan fingerprint density at radius 3 is 2.85 bits per heavy atom. The molecule has 1 rings (SSSR count). The number of carbonyl (C=O) groups excluding carboxylic acids is 1. The van der Waals surface area contributed by atoms with Crippen LogP contribution in [0.4, 0.5) is 0 Å². The summed E-state index contributed by atoms with van der Waals surface area (Å²) in [6, 6.07) is 7.70. The average molecular weight is 215 g/mol. The molecule has 1 aromatic rings. The van der Waals surface area contributed by atoms with Crippen molar-refractivity contribution in [2.45, 2.75) is 17.9 Å². The van der Waals surface area contributed by atoms with Crippen LogP contribution in [-0.4, -0.2) is 11.5 Å². The molecule has 0 bridgehead atoms. The van der Waals surface area contributed by atoms with Gasteiger partial charge < -0.3 is 4.79 Å². The highest BCUT2D eigenvalue weighted by Crippen LogP contribution is 2.22. The number of halogens is 1. The monoisotopic (exact) mass is 214 g/mol. The van der Waals surface area contributed by atoms with Crippen molar-refractivity contribution in [2.75, 3.05) is 0 Å². The van der Waals surface area contributed by atoms with Crippen LogP contribution in [0.3, 0.4) is 0 Å². The second kappa shape index (κ2) is 5.30. The lowest BCUT2D eigenvalue weighted by atomic mass is 10.2. The third-order valence-corrected chi connectivity index (χ3v) is 3.13. The smallest absolute Gasteiger partial charge is 0.132 e. The van der Waals surface area contributed by atoms with E-state index in [1.165, 1.54) is 0 Å². The first kappa shape index (κ1) is 10.6. The van der Waals surface area contributed by atoms with E-state index in [1.54, 1.807) is 11.8 Å². The van der Waals surface area contributed by atoms with Crippen molar-refractivity contribution in [3.63, 3.8) is 0 Å². The van der Waals surface area contributed by atoms with E-state index in [2.05, 4.69) is 0 Å². The summed E-state index contributed by atoms with van der Waals surface area (Å²) in [6.45, 7) is 1.88. The molecule has 1 nitrogen and oxygen atoms in total. The van der Waals surface area contributed by atoms with Crippen molar-refractivity contribution in [3.05, 3.63) is 34.9 Å². The van der Waals surface area contributed by atoms with E-state index in [-0.39, 0.29) is 5.25 Å². The topological polar surface area (TPSA) is 17.1 Å². The second-order valence-corrected chi connectivity index (χ2v) is 4.52. The lowest BCUT2D eigenvalue weighted by Crippen LogP contribution is -1.97. The van der Waals surface area contributed by atoms with Crippen molar-refractivity contribution in [1.82, 2.24) is 0 Å². The summed E-state index contributed by atoms with van der Waals surface area (Å²) in [5.41, 5.74) is 1.09. The number of rotatable bonds is 4. The van der Waals surface area contributed by atoms with Gasteiger partial charge in [-0.25, -0.2) is 0 Å². The number of hydrogen-bond donors (Lipinski definition) is 0. The van der Waals surface area contributed by atoms with Gasteiger partial charge in [0.1, 0.15) is 6.29 Å². The van der Waals surface area contributed by atoms with Crippen LogP contribution in [0.15, 0.2) is 24.3 Å². The average Bonchev–Trinajstić information content (AvgIpc) is 2.16. The summed E-state index contributed by atoms with van der Waals surface area (Å²) < 4.78 is 0. The Kier molecular flexibility index (Phi) is 4.33. The molecular formula is C10H11ClOS. The van der Waals surface area contributed by atoms with Gasteiger partial charge in [-0.05, 0) is 18.6 Å². The fourth-order valence-electron chi connectivity index (χ4n) is 0.876. The molecule has 0 N–H and O–H groups in total. The predicted octanol–water partition coefficient (Wildman–Crippen LogP) is 3.16. The maximum Gasteiger partial charge on any atom is 0.132 e. The third-order valence-electron chi connectivity index (χ3n) is 1.65. The number of hydrogen-bond acceptors (Lipinski definition) is 2. The summed E-state index contributed by atoms with van der Waals surface area (Å²) in [5, 5.41) is 0.810. The normalized spacial score (nSPS) is 12.5. The zero-order valence-electron chi connectivity index (χ0n) is 7.37. The van der Waals surface area contributed by atoms with Gasteiger partial charge in [-0.15, -0.1) is 11.8 Å². The van der Waals surface area contributed by atoms with Gasteiger partial charge in [0.2, 0.25) is 0 Å². The number of carbonyl (C=O) groups is 1. The molecular weight excluding hydrogens is 204 g/mol. The molecule has 70 valence electrons. The maximum absolute atomic E-state index is 10.4. The molecule has 0 saturated carbocycles. The molecule has 0 aliphatic carbocycles. The molecule has 1 unspecified atom stereocenters. The van der Waals surface area contributed by atoms with Crippen LogP contribution in [0.1, 0.15) is 12.5 Å². The van der Waals surface area contributed by atoms with E-state index in [1.807, 2.05) is 31.2 Å². The van der Waals surface area contributed by atoms with Crippen LogP contribution in [0.25, 0.3) is 0 Å². The Balaban J connectivity index is 2.54. The summed E-state index contributed by atoms with van der Waals surface area (Å²) in [7, 11) is 0. The SMILES string of the molecule is CC(C=O)SCc1ccccc1Cl. The molecule has 0 fully saturated rings. The van der Waals surface area contributed by atoms with E-state index < -0.39 is 0 Å². The van der Waals surface area contributed by atoms with E-state index in [0.29, 0.717) is 0 Å². The Hall–Kier alpha value is -0.470. The second-order valence-electron chi connectivity index (χ2n) is 2.74. The van der Waals surface area contributed by atoms with Crippen molar-refractivity contribution < 1.29 is 4.79 Å². The van der Waals surface area contributed by atoms with Gasteiger partial charge in [0.25, 0.3) is 0 Å². The van der Waals surface area contributed by atoms with Gasteiger partial charge in [-0.3, -0.25) is 0 Å². The Morgan fingerprint density at radius 1 is 1.54 bits per heavy atom. The molecule has 0 aliphatic heterocycles. The number of aldehydes is 1. The molecule has 13 heavy (non-hydrogen) atoms. The van der Waals surface area contributed by atoms with Crippen LogP contribution in [0.5, 0.6) is 0 Å². The number of benzene rings is 1. The first-order valence-corrected chi connectivity index (χ1v) is 5.47. The van der Waals surface area contributed by atoms with Crippen molar-refractivity contribution >= 4 is 29.6 Å². The van der Waals surface area contributed by atoms with E-state index in [9.17, 15) is 4.79 Å². The highest BCUT2D eigenvalue weighted by Gasteiger charge is 2.03. The van der Waals surface area contributed by atoms with Crippen LogP contribution >= 0.6 is 23.4 Å². The highest BCUT2D eigenvalue weighted by atomic mass is 35.5. The van der Waals surface area contributed by atoms with Crippen LogP contribution in [0, 0.1) is 0 Å². The first-order valence-electron chi connectivity index (χ1n) is 4.04. The van der Waals surface area contributed by atoms with Crippen molar-refractivity contribution in [1.29, 1.82) is 0 Å². The molecule has 0 aromatic heterocycles. The highest BCUT2D eigenvalue weighted by molar-refractivity contribution is 7.99. The Labute approximate surface area is 87.5 Å². The van der Waals surface area contributed by atoms with Gasteiger partial charge >= 0.3 is 0 Å². The Morgan fingerprint density at radius 2 is 2.23 bits per heavy atom. The molecule has 0 saturated heterocycles. The van der Waals surface area contributed by atoms with Crippen LogP contribution < -0.4 is 0 Å². The number of thioether (sulfide) groups is 1. The zero-order chi connectivity index (χ0) is 9.68. The van der Waals surface area contributed by atoms with Crippen LogP contribution in [0.2, 0.25) is 5.02 Å². The molecule has 3 heteroatoms. The molecule has 0 radical (unpaired) electrons. The zero-order valence-corrected chi connectivity index (χ0v) is 8.94. The minimum atomic E-state index is 0.0382. The molecule has 1 atom stereocenters. The first-order chi connectivity index (χ1) is 6.24. The van der Waals surface area contributed by atoms with E-state index in [0.717, 1.165) is 22.6 Å². The molecule has 0 spiro atoms. The quantitative estimate of drug-likeness (QED) is 0.717. The minimum Gasteiger partial charge on any atom is -0.302 e. The van der Waals surface area contributed by atoms with Gasteiger partial charge in [0, 0.05) is 10.8 Å². The van der Waals surface area contributed by atoms with Crippen LogP contribution in [-0.2, 0) is 10.5 Å². The molecule has 0 amide bonds. The fraction of sp³-hybridized carbons (Fsp3) is 0.300. The summed E-state index contributed by atoms with van der Waals surface area (Å²) in [4.78, 5) is 10.4. The minimum absolute atomic E-state index is 0.0382. The van der Waals surface area contributed by atoms with Gasteiger partial charge in [0.15, 0.2) is 0 Å². The lowest BCUT2D eigenvalue weighted by Gasteiger charge is -2.05. The molecule has 0 heterocycles. The van der Waals surface area contributed by atoms with Gasteiger partial charge in [-0.2, -0.15) is 0 Å². The fourth-order valence-corrected chi connectivity index (χ4v) is 1.93. The van der Waals surface area contributed by atoms with Gasteiger partial charge in [0.05, 0.1) is 5.25 Å². The third kappa shape index (κ3) is 3.41. The molecule has 0 aliphatic rings. The molecule has 1 aromatic carbocycles. The standard InChI is InChI=1S/C10H11ClOS/c1-8(6-12)13-7-9-4-2-3-5-10(9)11/h2-6,8H,7H2,1H3. The van der Waals surface area contributed by atoms with Gasteiger partial charge in [-0.1, -0.05) is 29.8 Å². The predicted molar refractivity (Wildman–Crippen MR) is 58.3 cm³/mol. The maximum atomic E-state index is 10.4. The van der Waals surface area contributed by atoms with Crippen molar-refractivity contribution in [2.24, 2.45) is 0 Å². The van der Waals surface area contributed by atoms with E-state index >= 15 is 0 Å². The van der Waals surface area contributed by atoms with E-state index in [4.69, 9.17) is 11.6 Å². The summed E-state index contributed by atoms with van der Waals surface area (Å²) >= 11 is 7.54.